The Balaban J connectivity index is 0.000000253. The minimum atomic E-state index is -3.82. The lowest BCUT2D eigenvalue weighted by Gasteiger charge is -2.21. The van der Waals surface area contributed by atoms with E-state index in [1.165, 1.54) is 24.3 Å². The highest BCUT2D eigenvalue weighted by Gasteiger charge is 2.41. The standard InChI is InChI=1S/C12H14N2O4S.C7H4FNO/c13-7-10-3-1-2-4-11(10)19(17,18)14-6-5-12(16,8-14)9-15;8-7-3-6(10)2-1-5(7)4-9/h1-4,15-16H,5-6,8-9H2;1-3,10H. The first-order valence-corrected chi connectivity index (χ1v) is 9.82. The Morgan fingerprint density at radius 3 is 2.34 bits per heavy atom. The molecule has 29 heavy (non-hydrogen) atoms. The molecule has 1 aliphatic heterocycles. The zero-order valence-corrected chi connectivity index (χ0v) is 16.0. The highest BCUT2D eigenvalue weighted by molar-refractivity contribution is 7.89. The first-order valence-electron chi connectivity index (χ1n) is 8.38. The maximum absolute atomic E-state index is 12.5. The fourth-order valence-corrected chi connectivity index (χ4v) is 4.33. The third-order valence-corrected chi connectivity index (χ3v) is 6.19. The number of phenolic OH excluding ortho intramolecular Hbond substituents is 1. The summed E-state index contributed by atoms with van der Waals surface area (Å²) in [6, 6.07) is 12.8. The van der Waals surface area contributed by atoms with Gasteiger partial charge in [0.2, 0.25) is 10.0 Å². The summed E-state index contributed by atoms with van der Waals surface area (Å²) in [5.74, 6) is -0.862. The number of nitrogens with zero attached hydrogens (tertiary/aromatic N) is 3. The second-order valence-electron chi connectivity index (χ2n) is 6.35. The third-order valence-electron chi connectivity index (χ3n) is 4.29. The minimum Gasteiger partial charge on any atom is -0.508 e. The van der Waals surface area contributed by atoms with Crippen LogP contribution in [0, 0.1) is 28.5 Å². The van der Waals surface area contributed by atoms with Crippen LogP contribution in [0.15, 0.2) is 47.4 Å². The van der Waals surface area contributed by atoms with Crippen LogP contribution >= 0.6 is 0 Å². The molecule has 1 atom stereocenters. The molecular weight excluding hydrogens is 401 g/mol. The van der Waals surface area contributed by atoms with Gasteiger partial charge in [0.05, 0.1) is 22.6 Å². The maximum Gasteiger partial charge on any atom is 0.244 e. The molecule has 0 spiro atoms. The Bertz CT molecular complexity index is 1080. The van der Waals surface area contributed by atoms with E-state index >= 15 is 0 Å². The molecule has 2 aromatic carbocycles. The SMILES string of the molecule is N#Cc1ccc(O)cc1F.N#Cc1ccccc1S(=O)(=O)N1CCC(O)(CO)C1. The van der Waals surface area contributed by atoms with Gasteiger partial charge in [-0.15, -0.1) is 0 Å². The normalized spacial score (nSPS) is 18.9. The summed E-state index contributed by atoms with van der Waals surface area (Å²) in [5.41, 5.74) is -1.38. The lowest BCUT2D eigenvalue weighted by molar-refractivity contribution is -0.000735. The molecular formula is C19H18FN3O5S. The van der Waals surface area contributed by atoms with Crippen LogP contribution in [0.5, 0.6) is 5.75 Å². The quantitative estimate of drug-likeness (QED) is 0.675. The zero-order chi connectivity index (χ0) is 21.7. The Labute approximate surface area is 167 Å². The summed E-state index contributed by atoms with van der Waals surface area (Å²) < 4.78 is 38.4. The molecule has 0 amide bonds. The number of β-amino-alcohol motifs (C(OH)–C–C–N with tert-alkyl or cyclic N) is 1. The molecule has 1 heterocycles. The number of aliphatic hydroxyl groups is 2. The average molecular weight is 419 g/mol. The number of phenols is 1. The van der Waals surface area contributed by atoms with Gasteiger partial charge in [0.25, 0.3) is 0 Å². The van der Waals surface area contributed by atoms with Crippen molar-refractivity contribution in [1.82, 2.24) is 4.31 Å². The van der Waals surface area contributed by atoms with Crippen LogP contribution in [0.4, 0.5) is 4.39 Å². The van der Waals surface area contributed by atoms with E-state index in [4.69, 9.17) is 20.7 Å². The molecule has 0 radical (unpaired) electrons. The van der Waals surface area contributed by atoms with E-state index in [-0.39, 0.29) is 41.3 Å². The highest BCUT2D eigenvalue weighted by atomic mass is 32.2. The van der Waals surface area contributed by atoms with Crippen LogP contribution in [0.3, 0.4) is 0 Å². The minimum absolute atomic E-state index is 0.0576. The van der Waals surface area contributed by atoms with Gasteiger partial charge in [-0.2, -0.15) is 14.8 Å². The molecule has 152 valence electrons. The second-order valence-corrected chi connectivity index (χ2v) is 8.26. The summed E-state index contributed by atoms with van der Waals surface area (Å²) in [4.78, 5) is -0.0697. The van der Waals surface area contributed by atoms with E-state index in [1.54, 1.807) is 18.2 Å². The van der Waals surface area contributed by atoms with Gasteiger partial charge in [0.1, 0.15) is 29.3 Å². The largest absolute Gasteiger partial charge is 0.508 e. The fourth-order valence-electron chi connectivity index (χ4n) is 2.67. The monoisotopic (exact) mass is 419 g/mol. The number of sulfonamides is 1. The molecule has 3 rings (SSSR count). The summed E-state index contributed by atoms with van der Waals surface area (Å²) in [6.45, 7) is -0.524. The Morgan fingerprint density at radius 1 is 1.14 bits per heavy atom. The van der Waals surface area contributed by atoms with Crippen molar-refractivity contribution in [3.8, 4) is 17.9 Å². The van der Waals surface area contributed by atoms with Crippen molar-refractivity contribution in [3.05, 3.63) is 59.4 Å². The number of aromatic hydroxyl groups is 1. The summed E-state index contributed by atoms with van der Waals surface area (Å²) >= 11 is 0. The van der Waals surface area contributed by atoms with Crippen LogP contribution < -0.4 is 0 Å². The number of aliphatic hydroxyl groups excluding tert-OH is 1. The van der Waals surface area contributed by atoms with Crippen LogP contribution in [-0.4, -0.2) is 53.3 Å². The first-order chi connectivity index (χ1) is 13.7. The molecule has 1 aliphatic rings. The fraction of sp³-hybridized carbons (Fsp3) is 0.263. The molecule has 0 aromatic heterocycles. The predicted octanol–water partition coefficient (Wildman–Crippen LogP) is 1.08. The molecule has 8 nitrogen and oxygen atoms in total. The molecule has 0 aliphatic carbocycles. The van der Waals surface area contributed by atoms with E-state index in [1.807, 2.05) is 6.07 Å². The topological polar surface area (TPSA) is 146 Å². The smallest absolute Gasteiger partial charge is 0.244 e. The number of benzene rings is 2. The maximum atomic E-state index is 12.5. The van der Waals surface area contributed by atoms with Gasteiger partial charge >= 0.3 is 0 Å². The van der Waals surface area contributed by atoms with Crippen LogP contribution in [0.2, 0.25) is 0 Å². The van der Waals surface area contributed by atoms with Crippen molar-refractivity contribution in [2.24, 2.45) is 0 Å². The molecule has 0 saturated carbocycles. The molecule has 0 bridgehead atoms. The van der Waals surface area contributed by atoms with Gasteiger partial charge in [-0.1, -0.05) is 12.1 Å². The molecule has 1 fully saturated rings. The summed E-state index contributed by atoms with van der Waals surface area (Å²) in [6.07, 6.45) is 0.178. The lowest BCUT2D eigenvalue weighted by Crippen LogP contribution is -2.38. The molecule has 2 aromatic rings. The van der Waals surface area contributed by atoms with Crippen molar-refractivity contribution in [3.63, 3.8) is 0 Å². The molecule has 10 heteroatoms. The van der Waals surface area contributed by atoms with Gasteiger partial charge in [-0.3, -0.25) is 0 Å². The highest BCUT2D eigenvalue weighted by Crippen LogP contribution is 2.28. The van der Waals surface area contributed by atoms with Gasteiger partial charge in [0.15, 0.2) is 0 Å². The Kier molecular flexibility index (Phi) is 6.90. The Hall–Kier alpha value is -3.02. The van der Waals surface area contributed by atoms with E-state index in [0.29, 0.717) is 0 Å². The first kappa shape index (κ1) is 22.3. The number of hydrogen-bond acceptors (Lipinski definition) is 7. The summed E-state index contributed by atoms with van der Waals surface area (Å²) in [5, 5.41) is 44.8. The Morgan fingerprint density at radius 2 is 1.79 bits per heavy atom. The molecule has 1 unspecified atom stereocenters. The van der Waals surface area contributed by atoms with Crippen molar-refractivity contribution in [1.29, 1.82) is 10.5 Å². The second kappa shape index (κ2) is 8.99. The van der Waals surface area contributed by atoms with Gasteiger partial charge in [-0.05, 0) is 30.7 Å². The van der Waals surface area contributed by atoms with E-state index in [0.717, 1.165) is 10.4 Å². The van der Waals surface area contributed by atoms with Gasteiger partial charge in [-0.25, -0.2) is 12.8 Å². The van der Waals surface area contributed by atoms with Crippen LogP contribution in [-0.2, 0) is 10.0 Å². The van der Waals surface area contributed by atoms with Crippen molar-refractivity contribution in [2.75, 3.05) is 19.7 Å². The van der Waals surface area contributed by atoms with E-state index < -0.39 is 28.0 Å². The van der Waals surface area contributed by atoms with E-state index in [2.05, 4.69) is 0 Å². The van der Waals surface area contributed by atoms with Crippen LogP contribution in [0.25, 0.3) is 0 Å². The average Bonchev–Trinajstić information content (AvgIpc) is 3.12. The van der Waals surface area contributed by atoms with Gasteiger partial charge in [0, 0.05) is 19.2 Å². The van der Waals surface area contributed by atoms with Crippen LogP contribution in [0.1, 0.15) is 17.5 Å². The summed E-state index contributed by atoms with van der Waals surface area (Å²) in [7, 11) is -3.82. The number of rotatable bonds is 3. The van der Waals surface area contributed by atoms with Crippen molar-refractivity contribution in [2.45, 2.75) is 16.9 Å². The molecule has 1 saturated heterocycles. The number of nitriles is 2. The van der Waals surface area contributed by atoms with E-state index in [9.17, 15) is 17.9 Å². The zero-order valence-electron chi connectivity index (χ0n) is 15.2. The predicted molar refractivity (Wildman–Crippen MR) is 99.3 cm³/mol. The third kappa shape index (κ3) is 5.08. The number of hydrogen-bond donors (Lipinski definition) is 3. The van der Waals surface area contributed by atoms with Gasteiger partial charge < -0.3 is 15.3 Å². The van der Waals surface area contributed by atoms with Crippen molar-refractivity contribution < 1.29 is 28.1 Å². The molecule has 3 N–H and O–H groups in total. The van der Waals surface area contributed by atoms with Crippen molar-refractivity contribution >= 4 is 10.0 Å². The number of halogens is 1. The lowest BCUT2D eigenvalue weighted by atomic mass is 10.1.